The number of sulfonamides is 1. The van der Waals surface area contributed by atoms with Crippen LogP contribution in [0.15, 0.2) is 89.2 Å². The largest absolute Gasteiger partial charge is 0.439 e. The van der Waals surface area contributed by atoms with Gasteiger partial charge in [-0.15, -0.1) is 0 Å². The average molecular weight is 484 g/mol. The maximum absolute atomic E-state index is 14.3. The number of rotatable bonds is 4. The Balaban J connectivity index is 1.75. The van der Waals surface area contributed by atoms with Crippen molar-refractivity contribution in [3.05, 3.63) is 117 Å². The number of para-hydroxylation sites is 1. The third kappa shape index (κ3) is 3.67. The highest BCUT2D eigenvalue weighted by Crippen LogP contribution is 2.51. The topological polar surface area (TPSA) is 96.4 Å². The number of hydrogen-bond donors (Lipinski definition) is 1. The number of ether oxygens (including phenoxy) is 1. The molecule has 0 amide bonds. The Kier molecular flexibility index (Phi) is 5.62. The number of aryl methyl sites for hydroxylation is 2. The molecule has 5 rings (SSSR count). The van der Waals surface area contributed by atoms with Gasteiger partial charge in [-0.05, 0) is 47.7 Å². The van der Waals surface area contributed by atoms with Crippen LogP contribution in [0.5, 0.6) is 0 Å². The van der Waals surface area contributed by atoms with Crippen molar-refractivity contribution < 1.29 is 13.2 Å². The molecule has 0 radical (unpaired) electrons. The van der Waals surface area contributed by atoms with Crippen molar-refractivity contribution in [1.82, 2.24) is 0 Å². The third-order valence-corrected chi connectivity index (χ3v) is 8.54. The highest BCUT2D eigenvalue weighted by Gasteiger charge is 2.47. The number of nitrogens with zero attached hydrogens (tertiary/aromatic N) is 2. The summed E-state index contributed by atoms with van der Waals surface area (Å²) in [6.45, 7) is 4.17. The number of nitriles is 1. The van der Waals surface area contributed by atoms with E-state index in [1.165, 1.54) is 4.31 Å². The first-order valence-electron chi connectivity index (χ1n) is 11.4. The van der Waals surface area contributed by atoms with Gasteiger partial charge in [0.2, 0.25) is 5.88 Å². The molecule has 1 atom stereocenters. The van der Waals surface area contributed by atoms with Gasteiger partial charge in [0, 0.05) is 5.56 Å². The molecule has 0 aliphatic carbocycles. The fraction of sp³-hybridized carbons (Fsp3) is 0.179. The molecule has 35 heavy (non-hydrogen) atoms. The molecule has 176 valence electrons. The number of hydrogen-bond acceptors (Lipinski definition) is 5. The molecule has 2 N–H and O–H groups in total. The van der Waals surface area contributed by atoms with E-state index in [-0.39, 0.29) is 28.7 Å². The fourth-order valence-corrected chi connectivity index (χ4v) is 6.60. The second-order valence-corrected chi connectivity index (χ2v) is 10.5. The smallest absolute Gasteiger partial charge is 0.265 e. The molecule has 7 heteroatoms. The summed E-state index contributed by atoms with van der Waals surface area (Å²) in [5.74, 6) is -0.761. The molecule has 2 heterocycles. The van der Waals surface area contributed by atoms with Crippen LogP contribution >= 0.6 is 0 Å². The van der Waals surface area contributed by atoms with Crippen molar-refractivity contribution in [2.24, 2.45) is 5.73 Å². The maximum Gasteiger partial charge on any atom is 0.265 e. The predicted octanol–water partition coefficient (Wildman–Crippen LogP) is 5.08. The molecular formula is C28H25N3O3S. The molecule has 3 aromatic carbocycles. The van der Waals surface area contributed by atoms with Gasteiger partial charge in [0.1, 0.15) is 16.5 Å². The molecule has 0 saturated heterocycles. The zero-order valence-electron chi connectivity index (χ0n) is 19.5. The van der Waals surface area contributed by atoms with E-state index in [1.807, 2.05) is 67.6 Å². The summed E-state index contributed by atoms with van der Waals surface area (Å²) in [4.78, 5) is 0.0415. The van der Waals surface area contributed by atoms with E-state index in [2.05, 4.69) is 13.0 Å². The van der Waals surface area contributed by atoms with Gasteiger partial charge in [-0.25, -0.2) is 8.42 Å². The molecule has 0 aromatic heterocycles. The van der Waals surface area contributed by atoms with Gasteiger partial charge in [0.15, 0.2) is 5.76 Å². The van der Waals surface area contributed by atoms with Crippen molar-refractivity contribution >= 4 is 21.5 Å². The lowest BCUT2D eigenvalue weighted by Gasteiger charge is -2.38. The number of nitrogens with two attached hydrogens (primary N) is 1. The normalized spacial score (nSPS) is 18.4. The van der Waals surface area contributed by atoms with Gasteiger partial charge >= 0.3 is 0 Å². The summed E-state index contributed by atoms with van der Waals surface area (Å²) in [7, 11) is -4.09. The van der Waals surface area contributed by atoms with Gasteiger partial charge in [0.05, 0.1) is 18.2 Å². The fourth-order valence-electron chi connectivity index (χ4n) is 4.70. The zero-order valence-corrected chi connectivity index (χ0v) is 20.3. The molecule has 0 spiro atoms. The molecular weight excluding hydrogens is 458 g/mol. The summed E-state index contributed by atoms with van der Waals surface area (Å²) < 4.78 is 35.9. The number of allylic oxidation sites excluding steroid dienone is 2. The van der Waals surface area contributed by atoms with Gasteiger partial charge < -0.3 is 10.5 Å². The van der Waals surface area contributed by atoms with Crippen LogP contribution in [0.1, 0.15) is 40.7 Å². The Morgan fingerprint density at radius 3 is 2.40 bits per heavy atom. The Morgan fingerprint density at radius 1 is 1.03 bits per heavy atom. The molecule has 0 unspecified atom stereocenters. The van der Waals surface area contributed by atoms with Crippen molar-refractivity contribution in [3.8, 4) is 6.07 Å². The number of anilines is 1. The first-order valence-corrected chi connectivity index (χ1v) is 12.9. The summed E-state index contributed by atoms with van der Waals surface area (Å²) >= 11 is 0. The Hall–Kier alpha value is -4.02. The summed E-state index contributed by atoms with van der Waals surface area (Å²) in [5.41, 5.74) is 11.1. The second-order valence-electron chi connectivity index (χ2n) is 8.67. The maximum atomic E-state index is 14.3. The lowest BCUT2D eigenvalue weighted by atomic mass is 9.87. The molecule has 3 aromatic rings. The van der Waals surface area contributed by atoms with Gasteiger partial charge in [0.25, 0.3) is 10.0 Å². The van der Waals surface area contributed by atoms with Crippen LogP contribution in [0, 0.1) is 18.3 Å². The minimum Gasteiger partial charge on any atom is -0.439 e. The lowest BCUT2D eigenvalue weighted by Crippen LogP contribution is -2.39. The average Bonchev–Trinajstić information content (AvgIpc) is 2.87. The van der Waals surface area contributed by atoms with E-state index in [0.29, 0.717) is 16.8 Å². The minimum absolute atomic E-state index is 0.0415. The zero-order chi connectivity index (χ0) is 24.7. The van der Waals surface area contributed by atoms with Crippen molar-refractivity contribution in [1.29, 1.82) is 5.26 Å². The van der Waals surface area contributed by atoms with Crippen LogP contribution in [-0.4, -0.2) is 8.42 Å². The Bertz CT molecular complexity index is 1530. The Morgan fingerprint density at radius 2 is 1.71 bits per heavy atom. The summed E-state index contributed by atoms with van der Waals surface area (Å²) in [6.07, 6.45) is 0.848. The van der Waals surface area contributed by atoms with E-state index in [9.17, 15) is 13.7 Å². The van der Waals surface area contributed by atoms with E-state index < -0.39 is 15.9 Å². The summed E-state index contributed by atoms with van der Waals surface area (Å²) in [6, 6.07) is 24.7. The first kappa shape index (κ1) is 22.8. The monoisotopic (exact) mass is 483 g/mol. The van der Waals surface area contributed by atoms with Crippen LogP contribution < -0.4 is 10.0 Å². The van der Waals surface area contributed by atoms with Crippen LogP contribution in [0.2, 0.25) is 0 Å². The third-order valence-electron chi connectivity index (χ3n) is 6.65. The summed E-state index contributed by atoms with van der Waals surface area (Å²) in [5, 5.41) is 9.99. The van der Waals surface area contributed by atoms with Crippen molar-refractivity contribution in [2.75, 3.05) is 4.31 Å². The first-order chi connectivity index (χ1) is 16.9. The highest BCUT2D eigenvalue weighted by molar-refractivity contribution is 7.96. The van der Waals surface area contributed by atoms with Crippen molar-refractivity contribution in [3.63, 3.8) is 0 Å². The van der Waals surface area contributed by atoms with Crippen LogP contribution in [0.25, 0.3) is 5.76 Å². The molecule has 2 aliphatic rings. The van der Waals surface area contributed by atoms with E-state index in [0.717, 1.165) is 23.1 Å². The minimum atomic E-state index is -4.09. The second kappa shape index (κ2) is 8.64. The quantitative estimate of drug-likeness (QED) is 0.558. The molecule has 6 nitrogen and oxygen atoms in total. The standard InChI is InChI=1S/C28H25N3O3S/c1-3-19-12-14-20(15-13-19)25-23(16-29)28(30)34-26-22-10-6-7-11-24(22)31(35(32,33)27(25)26)17-21-9-5-4-8-18(21)2/h4-15,25H,3,17,30H2,1-2H3/t25-/m0/s1. The van der Waals surface area contributed by atoms with Gasteiger partial charge in [-0.1, -0.05) is 67.6 Å². The molecule has 0 bridgehead atoms. The number of benzene rings is 3. The number of fused-ring (bicyclic) bond motifs is 2. The van der Waals surface area contributed by atoms with Crippen LogP contribution in [-0.2, 0) is 27.7 Å². The predicted molar refractivity (Wildman–Crippen MR) is 136 cm³/mol. The Labute approximate surface area is 205 Å². The highest BCUT2D eigenvalue weighted by atomic mass is 32.2. The van der Waals surface area contributed by atoms with Gasteiger partial charge in [-0.3, -0.25) is 4.31 Å². The molecule has 2 aliphatic heterocycles. The lowest BCUT2D eigenvalue weighted by molar-refractivity contribution is 0.357. The molecule has 0 saturated carbocycles. The van der Waals surface area contributed by atoms with Crippen LogP contribution in [0.4, 0.5) is 5.69 Å². The van der Waals surface area contributed by atoms with Gasteiger partial charge in [-0.2, -0.15) is 5.26 Å². The molecule has 0 fully saturated rings. The van der Waals surface area contributed by atoms with Crippen molar-refractivity contribution in [2.45, 2.75) is 32.7 Å². The van der Waals surface area contributed by atoms with E-state index in [1.54, 1.807) is 12.1 Å². The SMILES string of the molecule is CCc1ccc([C@H]2C(C#N)=C(N)OC3=C2S(=O)(=O)N(Cc2ccccc2C)c2ccccc23)cc1. The van der Waals surface area contributed by atoms with Crippen LogP contribution in [0.3, 0.4) is 0 Å². The van der Waals surface area contributed by atoms with E-state index in [4.69, 9.17) is 10.5 Å². The van der Waals surface area contributed by atoms with E-state index >= 15 is 0 Å².